The molecule has 1 aromatic carbocycles. The van der Waals surface area contributed by atoms with Gasteiger partial charge in [0, 0.05) is 22.8 Å². The van der Waals surface area contributed by atoms with Crippen LogP contribution in [-0.4, -0.2) is 27.7 Å². The molecule has 7 heteroatoms. The minimum atomic E-state index is -0.169. The maximum atomic E-state index is 13.0. The lowest BCUT2D eigenvalue weighted by Gasteiger charge is -2.29. The first-order valence-electron chi connectivity index (χ1n) is 8.50. The molecular weight excluding hydrogens is 358 g/mol. The van der Waals surface area contributed by atoms with Crippen LogP contribution in [0.5, 0.6) is 0 Å². The molecule has 0 spiro atoms. The molecule has 2 heterocycles. The summed E-state index contributed by atoms with van der Waals surface area (Å²) < 4.78 is 0.491. The molecule has 0 unspecified atom stereocenters. The monoisotopic (exact) mass is 375 g/mol. The van der Waals surface area contributed by atoms with Crippen LogP contribution in [0, 0.1) is 0 Å². The van der Waals surface area contributed by atoms with Gasteiger partial charge in [-0.2, -0.15) is 0 Å². The Hall–Kier alpha value is -1.92. The van der Waals surface area contributed by atoms with Crippen molar-refractivity contribution in [3.8, 4) is 0 Å². The topological polar surface area (TPSA) is 62.3 Å². The normalized spacial score (nSPS) is 17.9. The summed E-state index contributed by atoms with van der Waals surface area (Å²) >= 11 is 7.25. The summed E-state index contributed by atoms with van der Waals surface area (Å²) in [6, 6.07) is 5.44. The summed E-state index contributed by atoms with van der Waals surface area (Å²) in [5.74, 6) is -0.325. The first kappa shape index (κ1) is 16.5. The van der Waals surface area contributed by atoms with Crippen LogP contribution in [0.25, 0.3) is 0 Å². The second-order valence-corrected chi connectivity index (χ2v) is 8.13. The number of anilines is 1. The van der Waals surface area contributed by atoms with Crippen molar-refractivity contribution in [3.05, 3.63) is 44.9 Å². The Kier molecular flexibility index (Phi) is 4.48. The fourth-order valence-corrected chi connectivity index (χ4v) is 4.59. The molecular formula is C18H18ClN3O2S. The Morgan fingerprint density at radius 1 is 1.20 bits per heavy atom. The molecule has 0 radical (unpaired) electrons. The van der Waals surface area contributed by atoms with Gasteiger partial charge in [-0.15, -0.1) is 11.3 Å². The van der Waals surface area contributed by atoms with Crippen molar-refractivity contribution in [2.45, 2.75) is 44.7 Å². The van der Waals surface area contributed by atoms with Gasteiger partial charge in [0.2, 0.25) is 0 Å². The smallest absolute Gasteiger partial charge is 0.263 e. The van der Waals surface area contributed by atoms with Crippen LogP contribution >= 0.6 is 22.9 Å². The molecule has 1 saturated carbocycles. The second-order valence-electron chi connectivity index (χ2n) is 6.43. The van der Waals surface area contributed by atoms with Crippen LogP contribution in [0.2, 0.25) is 4.47 Å². The third-order valence-corrected chi connectivity index (χ3v) is 5.98. The number of nitrogens with one attached hydrogen (secondary N) is 1. The van der Waals surface area contributed by atoms with Crippen molar-refractivity contribution in [3.63, 3.8) is 0 Å². The molecule has 0 saturated heterocycles. The highest BCUT2D eigenvalue weighted by Gasteiger charge is 2.41. The fourth-order valence-electron chi connectivity index (χ4n) is 3.67. The fraction of sp³-hybridized carbons (Fsp3) is 0.389. The quantitative estimate of drug-likeness (QED) is 0.807. The van der Waals surface area contributed by atoms with Crippen LogP contribution in [0.1, 0.15) is 57.7 Å². The molecule has 1 aliphatic carbocycles. The molecule has 1 aliphatic heterocycles. The first-order valence-corrected chi connectivity index (χ1v) is 9.69. The Balaban J connectivity index is 1.59. The third kappa shape index (κ3) is 3.04. The van der Waals surface area contributed by atoms with E-state index in [1.807, 2.05) is 12.1 Å². The predicted molar refractivity (Wildman–Crippen MR) is 98.3 cm³/mol. The number of thiazole rings is 1. The van der Waals surface area contributed by atoms with Crippen molar-refractivity contribution < 1.29 is 9.59 Å². The summed E-state index contributed by atoms with van der Waals surface area (Å²) in [6.07, 6.45) is 6.88. The number of hydrogen-bond donors (Lipinski definition) is 1. The summed E-state index contributed by atoms with van der Waals surface area (Å²) in [7, 11) is 0. The van der Waals surface area contributed by atoms with Gasteiger partial charge in [0.15, 0.2) is 4.47 Å². The second kappa shape index (κ2) is 6.77. The number of rotatable bonds is 4. The SMILES string of the molecule is O=C1c2cccc(NCc3cnc(Cl)s3)c2C(=O)N1C1CCCCC1. The molecule has 0 atom stereocenters. The average Bonchev–Trinajstić information content (AvgIpc) is 3.16. The molecule has 1 aromatic heterocycles. The summed E-state index contributed by atoms with van der Waals surface area (Å²) in [6.45, 7) is 0.520. The van der Waals surface area contributed by atoms with E-state index >= 15 is 0 Å². The van der Waals surface area contributed by atoms with Crippen LogP contribution in [-0.2, 0) is 6.54 Å². The Bertz CT molecular complexity index is 829. The Morgan fingerprint density at radius 3 is 2.72 bits per heavy atom. The van der Waals surface area contributed by atoms with E-state index in [-0.39, 0.29) is 17.9 Å². The van der Waals surface area contributed by atoms with E-state index in [1.165, 1.54) is 22.7 Å². The van der Waals surface area contributed by atoms with Crippen molar-refractivity contribution in [2.75, 3.05) is 5.32 Å². The molecule has 130 valence electrons. The molecule has 2 aromatic rings. The summed E-state index contributed by atoms with van der Waals surface area (Å²) in [4.78, 5) is 32.2. The van der Waals surface area contributed by atoms with Gasteiger partial charge in [0.1, 0.15) is 0 Å². The predicted octanol–water partition coefficient (Wildman–Crippen LogP) is 4.34. The average molecular weight is 376 g/mol. The Morgan fingerprint density at radius 2 is 2.00 bits per heavy atom. The minimum absolute atomic E-state index is 0.0364. The number of carbonyl (C=O) groups excluding carboxylic acids is 2. The number of carbonyl (C=O) groups is 2. The standard InChI is InChI=1S/C18H18ClN3O2S/c19-18-21-10-12(25-18)9-20-14-8-4-7-13-15(14)17(24)22(16(13)23)11-5-2-1-3-6-11/h4,7-8,10-11,20H,1-3,5-6,9H2. The number of amides is 2. The minimum Gasteiger partial charge on any atom is -0.379 e. The van der Waals surface area contributed by atoms with Crippen molar-refractivity contribution in [1.29, 1.82) is 0 Å². The van der Waals surface area contributed by atoms with Gasteiger partial charge in [-0.1, -0.05) is 36.9 Å². The first-order chi connectivity index (χ1) is 12.1. The van der Waals surface area contributed by atoms with Gasteiger partial charge in [-0.3, -0.25) is 14.5 Å². The van der Waals surface area contributed by atoms with Crippen LogP contribution in [0.3, 0.4) is 0 Å². The largest absolute Gasteiger partial charge is 0.379 e. The van der Waals surface area contributed by atoms with Crippen molar-refractivity contribution in [2.24, 2.45) is 0 Å². The zero-order valence-electron chi connectivity index (χ0n) is 13.6. The molecule has 4 rings (SSSR count). The van der Waals surface area contributed by atoms with E-state index in [2.05, 4.69) is 10.3 Å². The van der Waals surface area contributed by atoms with Gasteiger partial charge >= 0.3 is 0 Å². The van der Waals surface area contributed by atoms with Gasteiger partial charge in [-0.05, 0) is 25.0 Å². The highest BCUT2D eigenvalue weighted by molar-refractivity contribution is 7.15. The van der Waals surface area contributed by atoms with Crippen LogP contribution < -0.4 is 5.32 Å². The lowest BCUT2D eigenvalue weighted by molar-refractivity contribution is 0.0549. The summed E-state index contributed by atoms with van der Waals surface area (Å²) in [5.41, 5.74) is 1.69. The zero-order valence-corrected chi connectivity index (χ0v) is 15.2. The number of hydrogen-bond acceptors (Lipinski definition) is 5. The molecule has 5 nitrogen and oxygen atoms in total. The van der Waals surface area contributed by atoms with E-state index < -0.39 is 0 Å². The van der Waals surface area contributed by atoms with Crippen molar-refractivity contribution in [1.82, 2.24) is 9.88 Å². The highest BCUT2D eigenvalue weighted by atomic mass is 35.5. The van der Waals surface area contributed by atoms with Crippen LogP contribution in [0.15, 0.2) is 24.4 Å². The number of aromatic nitrogens is 1. The molecule has 25 heavy (non-hydrogen) atoms. The van der Waals surface area contributed by atoms with Crippen molar-refractivity contribution >= 4 is 40.4 Å². The molecule has 2 amide bonds. The molecule has 1 fully saturated rings. The lowest BCUT2D eigenvalue weighted by atomic mass is 9.94. The molecule has 1 N–H and O–H groups in total. The molecule has 0 bridgehead atoms. The van der Waals surface area contributed by atoms with E-state index in [4.69, 9.17) is 11.6 Å². The molecule has 2 aliphatic rings. The Labute approximate surface area is 155 Å². The number of nitrogens with zero attached hydrogens (tertiary/aromatic N) is 2. The highest BCUT2D eigenvalue weighted by Crippen LogP contribution is 2.34. The van der Waals surface area contributed by atoms with E-state index in [0.717, 1.165) is 30.6 Å². The van der Waals surface area contributed by atoms with Crippen LogP contribution in [0.4, 0.5) is 5.69 Å². The number of benzene rings is 1. The lowest BCUT2D eigenvalue weighted by Crippen LogP contribution is -2.40. The van der Waals surface area contributed by atoms with Gasteiger partial charge in [-0.25, -0.2) is 4.98 Å². The van der Waals surface area contributed by atoms with Gasteiger partial charge < -0.3 is 5.32 Å². The zero-order chi connectivity index (χ0) is 17.4. The maximum absolute atomic E-state index is 13.0. The van der Waals surface area contributed by atoms with E-state index in [9.17, 15) is 9.59 Å². The van der Waals surface area contributed by atoms with Gasteiger partial charge in [0.05, 0.1) is 17.7 Å². The maximum Gasteiger partial charge on any atom is 0.263 e. The van der Waals surface area contributed by atoms with E-state index in [1.54, 1.807) is 12.3 Å². The number of imide groups is 1. The summed E-state index contributed by atoms with van der Waals surface area (Å²) in [5, 5.41) is 3.26. The van der Waals surface area contributed by atoms with E-state index in [0.29, 0.717) is 27.8 Å². The van der Waals surface area contributed by atoms with Gasteiger partial charge in [0.25, 0.3) is 11.8 Å². The number of fused-ring (bicyclic) bond motifs is 1. The number of halogens is 1. The third-order valence-electron chi connectivity index (χ3n) is 4.86.